The number of ether oxygens (including phenoxy) is 3. The molecule has 0 aliphatic heterocycles. The number of hydrogen-bond donors (Lipinski definition) is 2. The third kappa shape index (κ3) is 5.60. The lowest BCUT2D eigenvalue weighted by Crippen LogP contribution is -2.30. The number of carbonyl (C=O) groups excluding carboxylic acids is 1. The van der Waals surface area contributed by atoms with Gasteiger partial charge in [0.25, 0.3) is 0 Å². The van der Waals surface area contributed by atoms with Crippen LogP contribution in [0.4, 0.5) is 5.69 Å². The highest BCUT2D eigenvalue weighted by Crippen LogP contribution is 2.27. The summed E-state index contributed by atoms with van der Waals surface area (Å²) in [7, 11) is 4.62. The van der Waals surface area contributed by atoms with Gasteiger partial charge in [0.05, 0.1) is 26.9 Å². The molecule has 0 heterocycles. The van der Waals surface area contributed by atoms with Crippen molar-refractivity contribution in [2.24, 2.45) is 0 Å². The summed E-state index contributed by atoms with van der Waals surface area (Å²) in [5.74, 6) is 1.08. The highest BCUT2D eigenvalue weighted by Gasteiger charge is 2.12. The Morgan fingerprint density at radius 2 is 1.82 bits per heavy atom. The lowest BCUT2D eigenvalue weighted by molar-refractivity contribution is 0.0600. The molecule has 6 nitrogen and oxygen atoms in total. The van der Waals surface area contributed by atoms with Crippen LogP contribution in [0.5, 0.6) is 11.5 Å². The van der Waals surface area contributed by atoms with E-state index in [0.29, 0.717) is 10.7 Å². The zero-order valence-electron chi connectivity index (χ0n) is 16.6. The molecular weight excluding hydrogens is 376 g/mol. The van der Waals surface area contributed by atoms with E-state index in [2.05, 4.69) is 10.6 Å². The minimum atomic E-state index is -0.366. The van der Waals surface area contributed by atoms with E-state index in [1.807, 2.05) is 31.2 Å². The fraction of sp³-hybridized carbons (Fsp3) is 0.333. The zero-order valence-corrected chi connectivity index (χ0v) is 17.4. The van der Waals surface area contributed by atoms with E-state index >= 15 is 0 Å². The zero-order chi connectivity index (χ0) is 20.5. The molecule has 2 rings (SSSR count). The van der Waals surface area contributed by atoms with Gasteiger partial charge in [-0.2, -0.15) is 0 Å². The Morgan fingerprint density at radius 1 is 1.07 bits per heavy atom. The summed E-state index contributed by atoms with van der Waals surface area (Å²) >= 11 is 5.36. The van der Waals surface area contributed by atoms with Crippen LogP contribution in [0.15, 0.2) is 36.4 Å². The summed E-state index contributed by atoms with van der Waals surface area (Å²) in [5.41, 5.74) is 3.26. The van der Waals surface area contributed by atoms with Crippen LogP contribution < -0.4 is 20.1 Å². The maximum Gasteiger partial charge on any atom is 0.338 e. The Balaban J connectivity index is 1.85. The van der Waals surface area contributed by atoms with Crippen molar-refractivity contribution in [3.63, 3.8) is 0 Å². The molecule has 0 saturated carbocycles. The summed E-state index contributed by atoms with van der Waals surface area (Å²) in [6, 6.07) is 11.3. The number of anilines is 1. The van der Waals surface area contributed by atoms with E-state index in [1.165, 1.54) is 12.7 Å². The third-order valence-corrected chi connectivity index (χ3v) is 4.61. The van der Waals surface area contributed by atoms with Gasteiger partial charge in [0.2, 0.25) is 0 Å². The van der Waals surface area contributed by atoms with Crippen LogP contribution in [0.2, 0.25) is 0 Å². The molecule has 0 bridgehead atoms. The highest BCUT2D eigenvalue weighted by atomic mass is 32.1. The first-order chi connectivity index (χ1) is 13.5. The van der Waals surface area contributed by atoms with Gasteiger partial charge in [0, 0.05) is 12.2 Å². The van der Waals surface area contributed by atoms with Crippen molar-refractivity contribution in [1.29, 1.82) is 0 Å². The minimum Gasteiger partial charge on any atom is -0.493 e. The SMILES string of the molecule is COC(=O)c1cccc(NC(=S)NCCCc2ccc(OC)c(OC)c2)c1C. The number of rotatable bonds is 8. The second-order valence-corrected chi connectivity index (χ2v) is 6.55. The Kier molecular flexibility index (Phi) is 8.07. The molecule has 0 saturated heterocycles. The molecule has 2 N–H and O–H groups in total. The smallest absolute Gasteiger partial charge is 0.338 e. The van der Waals surface area contributed by atoms with Gasteiger partial charge < -0.3 is 24.8 Å². The number of thiocarbonyl (C=S) groups is 1. The van der Waals surface area contributed by atoms with Gasteiger partial charge in [0.1, 0.15) is 0 Å². The molecule has 0 unspecified atom stereocenters. The third-order valence-electron chi connectivity index (χ3n) is 4.36. The monoisotopic (exact) mass is 402 g/mol. The predicted octanol–water partition coefficient (Wildman–Crippen LogP) is 3.72. The van der Waals surface area contributed by atoms with Gasteiger partial charge in [-0.1, -0.05) is 12.1 Å². The van der Waals surface area contributed by atoms with Gasteiger partial charge in [-0.3, -0.25) is 0 Å². The summed E-state index contributed by atoms with van der Waals surface area (Å²) in [5, 5.41) is 6.84. The molecule has 0 atom stereocenters. The Bertz CT molecular complexity index is 839. The second-order valence-electron chi connectivity index (χ2n) is 6.14. The fourth-order valence-corrected chi connectivity index (χ4v) is 3.01. The number of benzene rings is 2. The van der Waals surface area contributed by atoms with Gasteiger partial charge in [-0.25, -0.2) is 4.79 Å². The van der Waals surface area contributed by atoms with Crippen molar-refractivity contribution in [3.8, 4) is 11.5 Å². The molecule has 2 aromatic rings. The number of carbonyl (C=O) groups is 1. The van der Waals surface area contributed by atoms with Crippen LogP contribution in [0, 0.1) is 6.92 Å². The average Bonchev–Trinajstić information content (AvgIpc) is 2.72. The first-order valence-corrected chi connectivity index (χ1v) is 9.34. The predicted molar refractivity (Wildman–Crippen MR) is 115 cm³/mol. The highest BCUT2D eigenvalue weighted by molar-refractivity contribution is 7.80. The average molecular weight is 403 g/mol. The van der Waals surface area contributed by atoms with Crippen LogP contribution in [0.3, 0.4) is 0 Å². The summed E-state index contributed by atoms with van der Waals surface area (Å²) in [6.07, 6.45) is 1.78. The molecule has 0 aliphatic rings. The van der Waals surface area contributed by atoms with E-state index < -0.39 is 0 Å². The van der Waals surface area contributed by atoms with Crippen LogP contribution in [-0.4, -0.2) is 39.0 Å². The molecule has 2 aromatic carbocycles. The van der Waals surface area contributed by atoms with Gasteiger partial charge in [-0.15, -0.1) is 0 Å². The molecule has 0 spiro atoms. The fourth-order valence-electron chi connectivity index (χ4n) is 2.80. The maximum absolute atomic E-state index is 11.8. The van der Waals surface area contributed by atoms with E-state index in [9.17, 15) is 4.79 Å². The minimum absolute atomic E-state index is 0.366. The molecule has 28 heavy (non-hydrogen) atoms. The Labute approximate surface area is 171 Å². The first kappa shape index (κ1) is 21.5. The van der Waals surface area contributed by atoms with Crippen molar-refractivity contribution in [2.75, 3.05) is 33.2 Å². The second kappa shape index (κ2) is 10.5. The molecule has 0 radical (unpaired) electrons. The molecule has 0 amide bonds. The number of aryl methyl sites for hydroxylation is 1. The van der Waals surface area contributed by atoms with E-state index in [-0.39, 0.29) is 5.97 Å². The number of hydrogen-bond acceptors (Lipinski definition) is 5. The van der Waals surface area contributed by atoms with Crippen LogP contribution in [0.25, 0.3) is 0 Å². The lowest BCUT2D eigenvalue weighted by Gasteiger charge is -2.14. The Morgan fingerprint density at radius 3 is 2.50 bits per heavy atom. The standard InChI is InChI=1S/C21H26N2O4S/c1-14-16(20(24)27-4)8-5-9-17(14)23-21(28)22-12-6-7-15-10-11-18(25-2)19(13-15)26-3/h5,8-11,13H,6-7,12H2,1-4H3,(H2,22,23,28). The molecule has 150 valence electrons. The molecule has 7 heteroatoms. The van der Waals surface area contributed by atoms with Crippen LogP contribution in [-0.2, 0) is 11.2 Å². The van der Waals surface area contributed by atoms with Gasteiger partial charge >= 0.3 is 5.97 Å². The van der Waals surface area contributed by atoms with E-state index in [0.717, 1.165) is 42.1 Å². The summed E-state index contributed by atoms with van der Waals surface area (Å²) < 4.78 is 15.4. The van der Waals surface area contributed by atoms with E-state index in [1.54, 1.807) is 26.4 Å². The Hall–Kier alpha value is -2.80. The van der Waals surface area contributed by atoms with Crippen molar-refractivity contribution in [3.05, 3.63) is 53.1 Å². The topological polar surface area (TPSA) is 68.8 Å². The van der Waals surface area contributed by atoms with Crippen molar-refractivity contribution in [2.45, 2.75) is 19.8 Å². The van der Waals surface area contributed by atoms with Gasteiger partial charge in [-0.05, 0) is 67.4 Å². The number of nitrogens with one attached hydrogen (secondary N) is 2. The first-order valence-electron chi connectivity index (χ1n) is 8.93. The molecular formula is C21H26N2O4S. The quantitative estimate of drug-likeness (QED) is 0.396. The van der Waals surface area contributed by atoms with Crippen LogP contribution in [0.1, 0.15) is 27.9 Å². The van der Waals surface area contributed by atoms with Crippen molar-refractivity contribution >= 4 is 29.0 Å². The molecule has 0 aromatic heterocycles. The normalized spacial score (nSPS) is 10.1. The van der Waals surface area contributed by atoms with E-state index in [4.69, 9.17) is 26.4 Å². The van der Waals surface area contributed by atoms with Crippen molar-refractivity contribution < 1.29 is 19.0 Å². The maximum atomic E-state index is 11.8. The summed E-state index contributed by atoms with van der Waals surface area (Å²) in [4.78, 5) is 11.8. The largest absolute Gasteiger partial charge is 0.493 e. The number of esters is 1. The molecule has 0 aliphatic carbocycles. The van der Waals surface area contributed by atoms with Gasteiger partial charge in [0.15, 0.2) is 16.6 Å². The van der Waals surface area contributed by atoms with Crippen LogP contribution >= 0.6 is 12.2 Å². The lowest BCUT2D eigenvalue weighted by atomic mass is 10.1. The van der Waals surface area contributed by atoms with Crippen molar-refractivity contribution in [1.82, 2.24) is 5.32 Å². The summed E-state index contributed by atoms with van der Waals surface area (Å²) in [6.45, 7) is 2.57. The number of methoxy groups -OCH3 is 3. The molecule has 0 fully saturated rings.